The van der Waals surface area contributed by atoms with Gasteiger partial charge in [-0.15, -0.1) is 0 Å². The zero-order chi connectivity index (χ0) is 14.7. The number of pyridine rings is 1. The molecule has 0 aromatic carbocycles. The molecule has 1 unspecified atom stereocenters. The maximum atomic E-state index is 11.9. The Labute approximate surface area is 114 Å². The van der Waals surface area contributed by atoms with Crippen LogP contribution >= 0.6 is 0 Å². The predicted molar refractivity (Wildman–Crippen MR) is 71.1 cm³/mol. The molecule has 1 atom stereocenters. The normalized spacial score (nSPS) is 15.7. The minimum absolute atomic E-state index is 0.0862. The first-order valence-corrected chi connectivity index (χ1v) is 6.35. The lowest BCUT2D eigenvalue weighted by atomic mass is 10.2. The molecule has 108 valence electrons. The molecule has 1 aliphatic rings. The van der Waals surface area contributed by atoms with Crippen LogP contribution in [0.2, 0.25) is 0 Å². The Hall–Kier alpha value is -2.22. The van der Waals surface area contributed by atoms with Gasteiger partial charge < -0.3 is 11.1 Å². The molecular weight excluding hydrogens is 264 g/mol. The number of aromatic nitrogens is 1. The fraction of sp³-hybridized carbons (Fsp3) is 0.500. The number of nitrogens with zero attached hydrogens (tertiary/aromatic N) is 2. The van der Waals surface area contributed by atoms with Crippen molar-refractivity contribution < 1.29 is 9.72 Å². The molecule has 3 N–H and O–H groups in total. The summed E-state index contributed by atoms with van der Waals surface area (Å²) in [5.41, 5.74) is 4.89. The quantitative estimate of drug-likeness (QED) is 0.543. The molecule has 2 rings (SSSR count). The van der Waals surface area contributed by atoms with Gasteiger partial charge in [-0.3, -0.25) is 24.3 Å². The summed E-state index contributed by atoms with van der Waals surface area (Å²) >= 11 is 0. The van der Waals surface area contributed by atoms with Gasteiger partial charge in [-0.05, 0) is 18.8 Å². The Morgan fingerprint density at radius 2 is 2.25 bits per heavy atom. The number of nitrogens with two attached hydrogens (primary N) is 1. The summed E-state index contributed by atoms with van der Waals surface area (Å²) in [6, 6.07) is 2.10. The van der Waals surface area contributed by atoms with Crippen LogP contribution in [0.4, 0.5) is 5.69 Å². The molecule has 1 heterocycles. The highest BCUT2D eigenvalue weighted by atomic mass is 16.6. The van der Waals surface area contributed by atoms with E-state index in [9.17, 15) is 19.7 Å². The van der Waals surface area contributed by atoms with Crippen molar-refractivity contribution in [1.29, 1.82) is 0 Å². The largest absolute Gasteiger partial charge is 0.350 e. The van der Waals surface area contributed by atoms with Crippen molar-refractivity contribution >= 4 is 11.6 Å². The zero-order valence-corrected chi connectivity index (χ0v) is 10.8. The molecule has 0 spiro atoms. The highest BCUT2D eigenvalue weighted by molar-refractivity contribution is 5.76. The van der Waals surface area contributed by atoms with Gasteiger partial charge in [-0.1, -0.05) is 0 Å². The fourth-order valence-corrected chi connectivity index (χ4v) is 2.03. The van der Waals surface area contributed by atoms with Crippen LogP contribution in [0, 0.1) is 16.0 Å². The van der Waals surface area contributed by atoms with Crippen LogP contribution in [0.3, 0.4) is 0 Å². The van der Waals surface area contributed by atoms with Crippen molar-refractivity contribution in [2.24, 2.45) is 11.7 Å². The number of rotatable bonds is 6. The maximum Gasteiger partial charge on any atom is 0.285 e. The number of carbonyl (C=O) groups is 1. The SMILES string of the molecule is NCC(NC(=O)Cn1cc([N+](=O)[O-])ccc1=O)C1CC1. The lowest BCUT2D eigenvalue weighted by Crippen LogP contribution is -2.44. The molecule has 0 aliphatic heterocycles. The van der Waals surface area contributed by atoms with Gasteiger partial charge in [0.1, 0.15) is 6.54 Å². The van der Waals surface area contributed by atoms with Gasteiger partial charge in [0.15, 0.2) is 0 Å². The lowest BCUT2D eigenvalue weighted by Gasteiger charge is -2.16. The first-order chi connectivity index (χ1) is 9.51. The number of nitrogens with one attached hydrogen (secondary N) is 1. The average molecular weight is 280 g/mol. The Balaban J connectivity index is 2.05. The molecule has 1 aromatic heterocycles. The van der Waals surface area contributed by atoms with E-state index < -0.39 is 10.5 Å². The van der Waals surface area contributed by atoms with Gasteiger partial charge in [-0.2, -0.15) is 0 Å². The molecule has 0 radical (unpaired) electrons. The van der Waals surface area contributed by atoms with Crippen molar-refractivity contribution in [2.75, 3.05) is 6.54 Å². The second-order valence-corrected chi connectivity index (χ2v) is 4.86. The number of hydrogen-bond donors (Lipinski definition) is 2. The minimum atomic E-state index is -0.610. The topological polar surface area (TPSA) is 120 Å². The molecular formula is C12H16N4O4. The molecule has 20 heavy (non-hydrogen) atoms. The minimum Gasteiger partial charge on any atom is -0.350 e. The van der Waals surface area contributed by atoms with Gasteiger partial charge in [0.2, 0.25) is 5.91 Å². The molecule has 1 saturated carbocycles. The van der Waals surface area contributed by atoms with E-state index in [1.165, 1.54) is 0 Å². The number of amides is 1. The second-order valence-electron chi connectivity index (χ2n) is 4.86. The molecule has 1 aliphatic carbocycles. The third kappa shape index (κ3) is 3.41. The van der Waals surface area contributed by atoms with Gasteiger partial charge in [0.25, 0.3) is 11.2 Å². The van der Waals surface area contributed by atoms with Crippen molar-refractivity contribution in [1.82, 2.24) is 9.88 Å². The van der Waals surface area contributed by atoms with E-state index in [2.05, 4.69) is 5.32 Å². The Morgan fingerprint density at radius 1 is 1.55 bits per heavy atom. The molecule has 8 nitrogen and oxygen atoms in total. The smallest absolute Gasteiger partial charge is 0.285 e. The summed E-state index contributed by atoms with van der Waals surface area (Å²) in [4.78, 5) is 33.5. The standard InChI is InChI=1S/C12H16N4O4/c13-5-10(8-1-2-8)14-11(17)7-15-6-9(16(19)20)3-4-12(15)18/h3-4,6,8,10H,1-2,5,7,13H2,(H,14,17). The van der Waals surface area contributed by atoms with Crippen LogP contribution < -0.4 is 16.6 Å². The van der Waals surface area contributed by atoms with E-state index in [0.717, 1.165) is 35.7 Å². The van der Waals surface area contributed by atoms with Gasteiger partial charge in [0, 0.05) is 24.7 Å². The number of hydrogen-bond acceptors (Lipinski definition) is 5. The van der Waals surface area contributed by atoms with Crippen LogP contribution in [-0.2, 0) is 11.3 Å². The Kier molecular flexibility index (Phi) is 4.14. The maximum absolute atomic E-state index is 11.9. The van der Waals surface area contributed by atoms with E-state index in [1.54, 1.807) is 0 Å². The van der Waals surface area contributed by atoms with Crippen LogP contribution in [0.15, 0.2) is 23.1 Å². The highest BCUT2D eigenvalue weighted by Crippen LogP contribution is 2.32. The number of carbonyl (C=O) groups excluding carboxylic acids is 1. The fourth-order valence-electron chi connectivity index (χ4n) is 2.03. The first kappa shape index (κ1) is 14.2. The van der Waals surface area contributed by atoms with E-state index in [1.807, 2.05) is 0 Å². The summed E-state index contributed by atoms with van der Waals surface area (Å²) in [7, 11) is 0. The summed E-state index contributed by atoms with van der Waals surface area (Å²) in [6.45, 7) is 0.101. The summed E-state index contributed by atoms with van der Waals surface area (Å²) in [6.07, 6.45) is 3.15. The van der Waals surface area contributed by atoms with Crippen molar-refractivity contribution in [2.45, 2.75) is 25.4 Å². The highest BCUT2D eigenvalue weighted by Gasteiger charge is 2.31. The van der Waals surface area contributed by atoms with Gasteiger partial charge in [-0.25, -0.2) is 0 Å². The second kappa shape index (κ2) is 5.83. The summed E-state index contributed by atoms with van der Waals surface area (Å²) in [5.74, 6) is 0.0423. The average Bonchev–Trinajstić information content (AvgIpc) is 3.22. The molecule has 1 aromatic rings. The molecule has 8 heteroatoms. The monoisotopic (exact) mass is 280 g/mol. The molecule has 1 amide bonds. The van der Waals surface area contributed by atoms with E-state index >= 15 is 0 Å². The van der Waals surface area contributed by atoms with Crippen LogP contribution in [0.25, 0.3) is 0 Å². The summed E-state index contributed by atoms with van der Waals surface area (Å²) < 4.78 is 1.02. The third-order valence-electron chi connectivity index (χ3n) is 3.28. The first-order valence-electron chi connectivity index (χ1n) is 6.35. The molecule has 0 saturated heterocycles. The Bertz CT molecular complexity index is 579. The number of nitro groups is 1. The van der Waals surface area contributed by atoms with E-state index in [-0.39, 0.29) is 24.2 Å². The van der Waals surface area contributed by atoms with Gasteiger partial charge in [0.05, 0.1) is 11.1 Å². The molecule has 0 bridgehead atoms. The predicted octanol–water partition coefficient (Wildman–Crippen LogP) is -0.390. The summed E-state index contributed by atoms with van der Waals surface area (Å²) in [5, 5.41) is 13.4. The van der Waals surface area contributed by atoms with Crippen LogP contribution in [0.1, 0.15) is 12.8 Å². The van der Waals surface area contributed by atoms with E-state index in [4.69, 9.17) is 5.73 Å². The van der Waals surface area contributed by atoms with Crippen LogP contribution in [-0.4, -0.2) is 28.0 Å². The van der Waals surface area contributed by atoms with E-state index in [0.29, 0.717) is 12.5 Å². The van der Waals surface area contributed by atoms with Gasteiger partial charge >= 0.3 is 0 Å². The van der Waals surface area contributed by atoms with Crippen molar-refractivity contribution in [3.8, 4) is 0 Å². The Morgan fingerprint density at radius 3 is 2.80 bits per heavy atom. The lowest BCUT2D eigenvalue weighted by molar-refractivity contribution is -0.385. The molecule has 1 fully saturated rings. The third-order valence-corrected chi connectivity index (χ3v) is 3.28. The zero-order valence-electron chi connectivity index (χ0n) is 10.8. The van der Waals surface area contributed by atoms with Crippen molar-refractivity contribution in [3.63, 3.8) is 0 Å². The van der Waals surface area contributed by atoms with Crippen molar-refractivity contribution in [3.05, 3.63) is 38.8 Å². The van der Waals surface area contributed by atoms with Crippen LogP contribution in [0.5, 0.6) is 0 Å².